The Morgan fingerprint density at radius 2 is 2.03 bits per heavy atom. The quantitative estimate of drug-likeness (QED) is 0.536. The molecule has 0 saturated carbocycles. The highest BCUT2D eigenvalue weighted by molar-refractivity contribution is 6.05. The van der Waals surface area contributed by atoms with Crippen molar-refractivity contribution in [2.24, 2.45) is 7.05 Å². The van der Waals surface area contributed by atoms with E-state index in [0.29, 0.717) is 24.6 Å². The van der Waals surface area contributed by atoms with Crippen molar-refractivity contribution < 1.29 is 27.9 Å². The Bertz CT molecular complexity index is 1280. The van der Waals surface area contributed by atoms with Gasteiger partial charge in [0.05, 0.1) is 6.10 Å². The number of aliphatic hydroxyl groups is 1. The molecule has 0 bridgehead atoms. The van der Waals surface area contributed by atoms with Crippen LogP contribution in [0, 0.1) is 0 Å². The summed E-state index contributed by atoms with van der Waals surface area (Å²) in [6, 6.07) is 8.61. The largest absolute Gasteiger partial charge is 0.433 e. The number of aromatic nitrogens is 4. The van der Waals surface area contributed by atoms with E-state index in [-0.39, 0.29) is 24.6 Å². The number of amides is 2. The van der Waals surface area contributed by atoms with Crippen LogP contribution in [0.4, 0.5) is 18.9 Å². The highest BCUT2D eigenvalue weighted by Gasteiger charge is 2.35. The summed E-state index contributed by atoms with van der Waals surface area (Å²) in [7, 11) is 1.84. The molecule has 0 aliphatic carbocycles. The van der Waals surface area contributed by atoms with Gasteiger partial charge in [0.1, 0.15) is 23.5 Å². The molecule has 36 heavy (non-hydrogen) atoms. The third kappa shape index (κ3) is 5.70. The summed E-state index contributed by atoms with van der Waals surface area (Å²) in [5.74, 6) is -0.771. The summed E-state index contributed by atoms with van der Waals surface area (Å²) >= 11 is 0. The summed E-state index contributed by atoms with van der Waals surface area (Å²) in [6.07, 6.45) is -3.05. The molecule has 4 rings (SSSR count). The number of anilines is 1. The van der Waals surface area contributed by atoms with E-state index in [9.17, 15) is 27.9 Å². The number of hydrogen-bond donors (Lipinski definition) is 2. The number of benzene rings is 1. The number of hydrogen-bond acceptors (Lipinski definition) is 6. The first-order valence-corrected chi connectivity index (χ1v) is 11.3. The molecular formula is C24H25F3N6O3. The lowest BCUT2D eigenvalue weighted by Gasteiger charge is -2.17. The van der Waals surface area contributed by atoms with Gasteiger partial charge in [-0.25, -0.2) is 4.98 Å². The number of nitrogens with one attached hydrogen (secondary N) is 1. The average molecular weight is 502 g/mol. The molecule has 0 spiro atoms. The van der Waals surface area contributed by atoms with Crippen LogP contribution in [0.15, 0.2) is 42.7 Å². The van der Waals surface area contributed by atoms with Crippen LogP contribution < -0.4 is 5.32 Å². The Hall–Kier alpha value is -3.80. The first-order valence-electron chi connectivity index (χ1n) is 11.3. The van der Waals surface area contributed by atoms with E-state index >= 15 is 0 Å². The number of rotatable bonds is 6. The van der Waals surface area contributed by atoms with Gasteiger partial charge in [-0.05, 0) is 42.2 Å². The van der Waals surface area contributed by atoms with Crippen LogP contribution in [-0.4, -0.2) is 60.8 Å². The Labute approximate surface area is 205 Å². The molecule has 1 aromatic carbocycles. The van der Waals surface area contributed by atoms with Crippen LogP contribution in [0.1, 0.15) is 57.2 Å². The van der Waals surface area contributed by atoms with E-state index < -0.39 is 35.5 Å². The molecule has 190 valence electrons. The number of carbonyl (C=O) groups is 2. The van der Waals surface area contributed by atoms with Crippen molar-refractivity contribution >= 4 is 17.5 Å². The minimum Gasteiger partial charge on any atom is -0.391 e. The highest BCUT2D eigenvalue weighted by Crippen LogP contribution is 2.30. The molecule has 1 fully saturated rings. The molecule has 3 aromatic rings. The van der Waals surface area contributed by atoms with Gasteiger partial charge < -0.3 is 19.9 Å². The molecule has 2 aromatic heterocycles. The molecule has 0 radical (unpaired) electrons. The lowest BCUT2D eigenvalue weighted by molar-refractivity contribution is -0.141. The van der Waals surface area contributed by atoms with Gasteiger partial charge in [-0.15, -0.1) is 10.2 Å². The van der Waals surface area contributed by atoms with E-state index in [4.69, 9.17) is 0 Å². The van der Waals surface area contributed by atoms with Crippen LogP contribution >= 0.6 is 0 Å². The Morgan fingerprint density at radius 1 is 1.25 bits per heavy atom. The Morgan fingerprint density at radius 3 is 2.67 bits per heavy atom. The molecule has 1 unspecified atom stereocenters. The molecule has 3 heterocycles. The average Bonchev–Trinajstić information content (AvgIpc) is 3.45. The van der Waals surface area contributed by atoms with Gasteiger partial charge in [-0.2, -0.15) is 13.2 Å². The molecule has 2 amide bonds. The van der Waals surface area contributed by atoms with Gasteiger partial charge in [0.25, 0.3) is 11.8 Å². The van der Waals surface area contributed by atoms with Gasteiger partial charge >= 0.3 is 6.18 Å². The summed E-state index contributed by atoms with van der Waals surface area (Å²) in [5.41, 5.74) is -0.939. The van der Waals surface area contributed by atoms with Gasteiger partial charge in [0.2, 0.25) is 0 Å². The predicted octanol–water partition coefficient (Wildman–Crippen LogP) is 3.03. The van der Waals surface area contributed by atoms with E-state index in [0.717, 1.165) is 17.5 Å². The molecule has 12 heteroatoms. The number of nitrogens with zero attached hydrogens (tertiary/aromatic N) is 5. The molecule has 1 aliphatic heterocycles. The van der Waals surface area contributed by atoms with Crippen LogP contribution in [0.3, 0.4) is 0 Å². The van der Waals surface area contributed by atoms with E-state index in [1.54, 1.807) is 24.5 Å². The van der Waals surface area contributed by atoms with E-state index in [1.165, 1.54) is 4.90 Å². The van der Waals surface area contributed by atoms with Crippen molar-refractivity contribution in [3.63, 3.8) is 0 Å². The minimum absolute atomic E-state index is 0.0172. The van der Waals surface area contributed by atoms with E-state index in [2.05, 4.69) is 20.5 Å². The first-order chi connectivity index (χ1) is 17.0. The minimum atomic E-state index is -4.86. The summed E-state index contributed by atoms with van der Waals surface area (Å²) in [6.45, 7) is 2.21. The monoisotopic (exact) mass is 502 g/mol. The molecule has 1 saturated heterocycles. The molecule has 1 aliphatic rings. The lowest BCUT2D eigenvalue weighted by Crippen LogP contribution is -2.30. The highest BCUT2D eigenvalue weighted by atomic mass is 19.4. The topological polar surface area (TPSA) is 113 Å². The van der Waals surface area contributed by atoms with Crippen molar-refractivity contribution in [3.8, 4) is 0 Å². The zero-order chi connectivity index (χ0) is 26.0. The molecular weight excluding hydrogens is 477 g/mol. The SMILES string of the molecule is CC(Cc1nncn1C)c1cccc(NC(=O)c2cc(C(=O)N3CC[C@H](O)C3)cc(C(F)(F)F)n2)c1. The van der Waals surface area contributed by atoms with Crippen molar-refractivity contribution in [2.45, 2.75) is 38.0 Å². The number of likely N-dealkylation sites (tertiary alicyclic amines) is 1. The fourth-order valence-corrected chi connectivity index (χ4v) is 4.03. The van der Waals surface area contributed by atoms with Crippen molar-refractivity contribution in [1.82, 2.24) is 24.6 Å². The number of pyridine rings is 1. The summed E-state index contributed by atoms with van der Waals surface area (Å²) in [4.78, 5) is 30.4. The lowest BCUT2D eigenvalue weighted by atomic mass is 9.97. The predicted molar refractivity (Wildman–Crippen MR) is 123 cm³/mol. The number of aryl methyl sites for hydroxylation is 1. The third-order valence-electron chi connectivity index (χ3n) is 6.05. The summed E-state index contributed by atoms with van der Waals surface area (Å²) < 4.78 is 42.3. The number of halogens is 3. The fourth-order valence-electron chi connectivity index (χ4n) is 4.03. The Kier molecular flexibility index (Phi) is 7.07. The third-order valence-corrected chi connectivity index (χ3v) is 6.05. The van der Waals surface area contributed by atoms with Crippen molar-refractivity contribution in [3.05, 3.63) is 71.1 Å². The van der Waals surface area contributed by atoms with Crippen LogP contribution in [0.5, 0.6) is 0 Å². The second-order valence-corrected chi connectivity index (χ2v) is 8.86. The second kappa shape index (κ2) is 10.1. The smallest absolute Gasteiger partial charge is 0.391 e. The number of carbonyl (C=O) groups excluding carboxylic acids is 2. The summed E-state index contributed by atoms with van der Waals surface area (Å²) in [5, 5.41) is 20.2. The number of β-amino-alcohol motifs (C(OH)–C–C–N with tert-alkyl or cyclic N) is 1. The van der Waals surface area contributed by atoms with Crippen molar-refractivity contribution in [1.29, 1.82) is 0 Å². The molecule has 9 nitrogen and oxygen atoms in total. The van der Waals surface area contributed by atoms with Crippen molar-refractivity contribution in [2.75, 3.05) is 18.4 Å². The zero-order valence-corrected chi connectivity index (χ0v) is 19.7. The first kappa shape index (κ1) is 25.3. The maximum atomic E-state index is 13.5. The molecule has 2 N–H and O–H groups in total. The maximum Gasteiger partial charge on any atom is 0.433 e. The second-order valence-electron chi connectivity index (χ2n) is 8.86. The van der Waals surface area contributed by atoms with Gasteiger partial charge in [0, 0.05) is 37.8 Å². The van der Waals surface area contributed by atoms with Crippen LogP contribution in [0.2, 0.25) is 0 Å². The van der Waals surface area contributed by atoms with Crippen LogP contribution in [-0.2, 0) is 19.6 Å². The van der Waals surface area contributed by atoms with Gasteiger partial charge in [-0.1, -0.05) is 19.1 Å². The van der Waals surface area contributed by atoms with E-state index in [1.807, 2.05) is 24.6 Å². The van der Waals surface area contributed by atoms with Gasteiger partial charge in [0.15, 0.2) is 0 Å². The normalized spacial score (nSPS) is 16.7. The number of aliphatic hydroxyl groups excluding tert-OH is 1. The Balaban J connectivity index is 1.56. The number of alkyl halides is 3. The maximum absolute atomic E-state index is 13.5. The fraction of sp³-hybridized carbons (Fsp3) is 0.375. The zero-order valence-electron chi connectivity index (χ0n) is 19.7. The standard InChI is InChI=1S/C24H25F3N6O3/c1-14(8-21-31-28-13-32(21)2)15-4-3-5-17(9-15)29-22(35)19-10-16(11-20(30-19)24(25,26)27)23(36)33-7-6-18(34)12-33/h3-5,9-11,13-14,18,34H,6-8,12H2,1-2H3,(H,29,35)/t14?,18-/m0/s1. The van der Waals surface area contributed by atoms with Crippen LogP contribution in [0.25, 0.3) is 0 Å². The van der Waals surface area contributed by atoms with Gasteiger partial charge in [-0.3, -0.25) is 9.59 Å². The molecule has 2 atom stereocenters.